The lowest BCUT2D eigenvalue weighted by molar-refractivity contribution is -0.276. The molecule has 0 amide bonds. The van der Waals surface area contributed by atoms with Gasteiger partial charge in [-0.2, -0.15) is 8.78 Å². The van der Waals surface area contributed by atoms with E-state index in [4.69, 9.17) is 0 Å². The van der Waals surface area contributed by atoms with Gasteiger partial charge in [0, 0.05) is 17.2 Å². The summed E-state index contributed by atoms with van der Waals surface area (Å²) in [5, 5.41) is 0. The van der Waals surface area contributed by atoms with E-state index < -0.39 is 81.1 Å². The lowest BCUT2D eigenvalue weighted by Crippen LogP contribution is -2.25. The van der Waals surface area contributed by atoms with Crippen molar-refractivity contribution in [3.05, 3.63) is 118 Å². The summed E-state index contributed by atoms with van der Waals surface area (Å²) in [7, 11) is 0. The van der Waals surface area contributed by atoms with Crippen LogP contribution in [0.25, 0.3) is 11.1 Å². The quantitative estimate of drug-likeness (QED) is 0.140. The molecule has 0 fully saturated rings. The van der Waals surface area contributed by atoms with Gasteiger partial charge >= 0.3 is 12.5 Å². The van der Waals surface area contributed by atoms with Gasteiger partial charge < -0.3 is 9.47 Å². The van der Waals surface area contributed by atoms with Crippen LogP contribution in [0.15, 0.2) is 60.7 Å². The van der Waals surface area contributed by atoms with Gasteiger partial charge in [0.2, 0.25) is 5.75 Å². The number of unbranched alkanes of at least 4 members (excludes halogenated alkanes) is 1. The molecule has 0 saturated carbocycles. The fraction of sp³-hybridized carbons (Fsp3) is 0.188. The minimum Gasteiger partial charge on any atom is -0.429 e. The monoisotopic (exact) mass is 644 g/mol. The van der Waals surface area contributed by atoms with Crippen LogP contribution in [-0.2, 0) is 12.5 Å². The molecule has 0 aliphatic heterocycles. The van der Waals surface area contributed by atoms with E-state index in [1.807, 2.05) is 6.92 Å². The number of aryl methyl sites for hydroxylation is 1. The molecule has 0 aromatic heterocycles. The normalized spacial score (nSPS) is 11.6. The zero-order valence-corrected chi connectivity index (χ0v) is 22.9. The molecule has 13 heteroatoms. The molecule has 0 aliphatic carbocycles. The third-order valence-corrected chi connectivity index (χ3v) is 6.24. The molecule has 4 rings (SSSR count). The van der Waals surface area contributed by atoms with Crippen LogP contribution in [-0.4, -0.2) is 6.36 Å². The first-order valence-electron chi connectivity index (χ1n) is 13.0. The van der Waals surface area contributed by atoms with Crippen LogP contribution >= 0.6 is 0 Å². The van der Waals surface area contributed by atoms with Gasteiger partial charge in [0.25, 0.3) is 0 Å². The van der Waals surface area contributed by atoms with E-state index in [9.17, 15) is 48.3 Å². The van der Waals surface area contributed by atoms with Crippen molar-refractivity contribution in [3.8, 4) is 34.5 Å². The third-order valence-electron chi connectivity index (χ3n) is 6.24. The maximum Gasteiger partial charge on any atom is 0.573 e. The highest BCUT2D eigenvalue weighted by Crippen LogP contribution is 2.38. The second-order valence-corrected chi connectivity index (χ2v) is 9.56. The standard InChI is InChI=1S/C32H19F11O2/c1-2-3-4-17-5-7-19(23(33)11-17)8-6-18-12-25(35)29(26(36)13-18)31(39,40)44-21-9-10-22(24(34)16-21)20-14-27(37)30(28(38)15-20)45-32(41,42)43/h5,7,9-16H,2-4H2,1H3. The van der Waals surface area contributed by atoms with Crippen molar-refractivity contribution in [2.45, 2.75) is 38.7 Å². The number of alkyl halides is 5. The second kappa shape index (κ2) is 13.1. The van der Waals surface area contributed by atoms with E-state index in [1.54, 1.807) is 6.07 Å². The molecule has 0 saturated heterocycles. The van der Waals surface area contributed by atoms with Crippen molar-refractivity contribution in [1.82, 2.24) is 0 Å². The molecule has 0 heterocycles. The first kappa shape index (κ1) is 33.2. The van der Waals surface area contributed by atoms with Gasteiger partial charge in [-0.05, 0) is 72.5 Å². The van der Waals surface area contributed by atoms with E-state index >= 15 is 0 Å². The second-order valence-electron chi connectivity index (χ2n) is 9.56. The lowest BCUT2D eigenvalue weighted by atomic mass is 10.0. The summed E-state index contributed by atoms with van der Waals surface area (Å²) >= 11 is 0. The topological polar surface area (TPSA) is 18.5 Å². The summed E-state index contributed by atoms with van der Waals surface area (Å²) in [6.07, 6.45) is -7.76. The molecular formula is C32H19F11O2. The molecule has 0 spiro atoms. The van der Waals surface area contributed by atoms with Crippen LogP contribution in [0.5, 0.6) is 11.5 Å². The first-order valence-corrected chi connectivity index (χ1v) is 13.0. The van der Waals surface area contributed by atoms with Crippen molar-refractivity contribution in [1.29, 1.82) is 0 Å². The van der Waals surface area contributed by atoms with Crippen molar-refractivity contribution < 1.29 is 57.8 Å². The number of ether oxygens (including phenoxy) is 2. The van der Waals surface area contributed by atoms with Gasteiger partial charge in [-0.1, -0.05) is 31.3 Å². The smallest absolute Gasteiger partial charge is 0.429 e. The molecule has 0 N–H and O–H groups in total. The Bertz CT molecular complexity index is 1740. The number of benzene rings is 4. The Morgan fingerprint density at radius 1 is 0.644 bits per heavy atom. The van der Waals surface area contributed by atoms with Crippen molar-refractivity contribution in [3.63, 3.8) is 0 Å². The van der Waals surface area contributed by atoms with Gasteiger partial charge in [0.05, 0.1) is 5.56 Å². The van der Waals surface area contributed by atoms with Crippen LogP contribution in [0.1, 0.15) is 42.0 Å². The minimum absolute atomic E-state index is 0.0876. The predicted molar refractivity (Wildman–Crippen MR) is 140 cm³/mol. The van der Waals surface area contributed by atoms with E-state index in [0.29, 0.717) is 48.9 Å². The summed E-state index contributed by atoms with van der Waals surface area (Å²) in [4.78, 5) is 0. The summed E-state index contributed by atoms with van der Waals surface area (Å²) in [5.41, 5.74) is -2.88. The first-order chi connectivity index (χ1) is 21.1. The predicted octanol–water partition coefficient (Wildman–Crippen LogP) is 9.96. The summed E-state index contributed by atoms with van der Waals surface area (Å²) in [6.45, 7) is 1.97. The van der Waals surface area contributed by atoms with Gasteiger partial charge in [0.15, 0.2) is 11.6 Å². The Morgan fingerprint density at radius 3 is 1.84 bits per heavy atom. The Kier molecular flexibility index (Phi) is 9.65. The lowest BCUT2D eigenvalue weighted by Gasteiger charge is -2.20. The highest BCUT2D eigenvalue weighted by Gasteiger charge is 2.41. The number of rotatable bonds is 8. The van der Waals surface area contributed by atoms with Crippen LogP contribution in [0.4, 0.5) is 48.3 Å². The number of halogens is 11. The molecule has 4 aromatic carbocycles. The average Bonchev–Trinajstić information content (AvgIpc) is 2.92. The Balaban J connectivity index is 1.55. The van der Waals surface area contributed by atoms with Crippen LogP contribution < -0.4 is 9.47 Å². The van der Waals surface area contributed by atoms with Crippen molar-refractivity contribution in [2.24, 2.45) is 0 Å². The highest BCUT2D eigenvalue weighted by atomic mass is 19.4. The molecule has 2 nitrogen and oxygen atoms in total. The molecule has 4 aromatic rings. The molecule has 236 valence electrons. The number of hydrogen-bond acceptors (Lipinski definition) is 2. The zero-order chi connectivity index (χ0) is 33.1. The maximum atomic E-state index is 14.9. The average molecular weight is 644 g/mol. The molecular weight excluding hydrogens is 625 g/mol. The van der Waals surface area contributed by atoms with Crippen molar-refractivity contribution >= 4 is 0 Å². The SMILES string of the molecule is CCCCc1ccc(C#Cc2cc(F)c(C(F)(F)Oc3ccc(-c4cc(F)c(OC(F)(F)F)c(F)c4)c(F)c3)c(F)c2)c(F)c1. The van der Waals surface area contributed by atoms with E-state index in [2.05, 4.69) is 21.3 Å². The Hall–Kier alpha value is -4.73. The summed E-state index contributed by atoms with van der Waals surface area (Å²) in [5.74, 6) is -7.42. The van der Waals surface area contributed by atoms with Gasteiger partial charge in [-0.3, -0.25) is 0 Å². The summed E-state index contributed by atoms with van der Waals surface area (Å²) < 4.78 is 161. The Morgan fingerprint density at radius 2 is 1.29 bits per heavy atom. The minimum atomic E-state index is -5.43. The van der Waals surface area contributed by atoms with Gasteiger partial charge in [-0.15, -0.1) is 13.2 Å². The molecule has 0 radical (unpaired) electrons. The third kappa shape index (κ3) is 8.06. The summed E-state index contributed by atoms with van der Waals surface area (Å²) in [6, 6.07) is 7.51. The van der Waals surface area contributed by atoms with E-state index in [-0.39, 0.29) is 5.56 Å². The largest absolute Gasteiger partial charge is 0.573 e. The fourth-order valence-corrected chi connectivity index (χ4v) is 4.18. The van der Waals surface area contributed by atoms with Gasteiger partial charge in [-0.25, -0.2) is 26.3 Å². The van der Waals surface area contributed by atoms with Crippen LogP contribution in [0, 0.1) is 46.7 Å². The highest BCUT2D eigenvalue weighted by molar-refractivity contribution is 5.66. The molecule has 0 aliphatic rings. The maximum absolute atomic E-state index is 14.9. The van der Waals surface area contributed by atoms with E-state index in [1.165, 1.54) is 12.1 Å². The van der Waals surface area contributed by atoms with Crippen molar-refractivity contribution in [2.75, 3.05) is 0 Å². The zero-order valence-electron chi connectivity index (χ0n) is 22.9. The molecule has 45 heavy (non-hydrogen) atoms. The van der Waals surface area contributed by atoms with Crippen LogP contribution in [0.2, 0.25) is 0 Å². The Labute approximate surface area is 249 Å². The number of hydrogen-bond donors (Lipinski definition) is 0. The molecule has 0 atom stereocenters. The molecule has 0 bridgehead atoms. The van der Waals surface area contributed by atoms with Gasteiger partial charge in [0.1, 0.15) is 34.6 Å². The molecule has 0 unspecified atom stereocenters. The fourth-order valence-electron chi connectivity index (χ4n) is 4.18. The van der Waals surface area contributed by atoms with E-state index in [0.717, 1.165) is 18.4 Å². The van der Waals surface area contributed by atoms with Crippen LogP contribution in [0.3, 0.4) is 0 Å².